The van der Waals surface area contributed by atoms with Crippen molar-refractivity contribution in [3.63, 3.8) is 0 Å². The smallest absolute Gasteiger partial charge is 0.248 e. The maximum Gasteiger partial charge on any atom is 0.248 e. The van der Waals surface area contributed by atoms with Gasteiger partial charge in [-0.25, -0.2) is 4.98 Å². The summed E-state index contributed by atoms with van der Waals surface area (Å²) in [4.78, 5) is 12.2. The molecule has 4 aromatic rings. The zero-order valence-corrected chi connectivity index (χ0v) is 24.1. The molecule has 1 aliphatic carbocycles. The maximum absolute atomic E-state index is 6.46. The number of nitrogens with one attached hydrogen (secondary N) is 2. The van der Waals surface area contributed by atoms with Crippen LogP contribution in [0.1, 0.15) is 62.3 Å². The molecule has 212 valence electrons. The fraction of sp³-hybridized carbons (Fsp3) is 0.424. The van der Waals surface area contributed by atoms with Gasteiger partial charge in [-0.15, -0.1) is 5.10 Å². The number of hydrogen-bond donors (Lipinski definition) is 3. The first-order valence-electron chi connectivity index (χ1n) is 15.2. The van der Waals surface area contributed by atoms with Crippen LogP contribution in [0, 0.1) is 5.92 Å². The Bertz CT molecular complexity index is 1530. The van der Waals surface area contributed by atoms with Crippen LogP contribution >= 0.6 is 0 Å². The quantitative estimate of drug-likeness (QED) is 0.250. The summed E-state index contributed by atoms with van der Waals surface area (Å²) in [7, 11) is 0. The van der Waals surface area contributed by atoms with E-state index >= 15 is 0 Å². The van der Waals surface area contributed by atoms with Gasteiger partial charge in [0.05, 0.1) is 11.4 Å². The number of nitrogens with two attached hydrogens (primary N) is 1. The monoisotopic (exact) mass is 548 g/mol. The molecular formula is C33H40N8. The first kappa shape index (κ1) is 26.0. The number of benzene rings is 2. The van der Waals surface area contributed by atoms with E-state index in [1.54, 1.807) is 4.68 Å². The Morgan fingerprint density at radius 3 is 2.49 bits per heavy atom. The Labute approximate surface area is 242 Å². The lowest BCUT2D eigenvalue weighted by atomic mass is 9.84. The van der Waals surface area contributed by atoms with Gasteiger partial charge in [-0.1, -0.05) is 50.2 Å². The van der Waals surface area contributed by atoms with Crippen molar-refractivity contribution < 1.29 is 0 Å². The van der Waals surface area contributed by atoms with E-state index in [0.29, 0.717) is 29.8 Å². The average Bonchev–Trinajstić information content (AvgIpc) is 3.24. The van der Waals surface area contributed by atoms with Crippen molar-refractivity contribution >= 4 is 23.3 Å². The summed E-state index contributed by atoms with van der Waals surface area (Å²) in [6.07, 6.45) is 6.82. The molecule has 1 atom stereocenters. The lowest BCUT2D eigenvalue weighted by Gasteiger charge is -2.42. The van der Waals surface area contributed by atoms with Gasteiger partial charge >= 0.3 is 0 Å². The van der Waals surface area contributed by atoms with Gasteiger partial charge in [0, 0.05) is 36.3 Å². The third-order valence-electron chi connectivity index (χ3n) is 8.94. The average molecular weight is 549 g/mol. The minimum absolute atomic E-state index is 0.328. The first-order chi connectivity index (χ1) is 20.0. The number of rotatable bonds is 7. The largest absolute Gasteiger partial charge is 0.370 e. The number of piperidine rings is 1. The molecule has 5 heterocycles. The Hall–Kier alpha value is -3.91. The van der Waals surface area contributed by atoms with E-state index in [2.05, 4.69) is 89.0 Å². The van der Waals surface area contributed by atoms with E-state index in [4.69, 9.17) is 15.8 Å². The normalized spacial score (nSPS) is 18.3. The number of aryl methyl sites for hydroxylation is 2. The highest BCUT2D eigenvalue weighted by Crippen LogP contribution is 2.46. The van der Waals surface area contributed by atoms with Crippen molar-refractivity contribution in [3.05, 3.63) is 71.4 Å². The number of nitrogen functional groups attached to an aromatic ring is 1. The third-order valence-corrected chi connectivity index (χ3v) is 8.94. The van der Waals surface area contributed by atoms with Crippen LogP contribution in [0.25, 0.3) is 16.9 Å². The predicted molar refractivity (Wildman–Crippen MR) is 166 cm³/mol. The molecule has 2 bridgehead atoms. The highest BCUT2D eigenvalue weighted by atomic mass is 15.4. The highest BCUT2D eigenvalue weighted by Gasteiger charge is 2.35. The summed E-state index contributed by atoms with van der Waals surface area (Å²) in [6.45, 7) is 7.80. The van der Waals surface area contributed by atoms with Gasteiger partial charge in [-0.05, 0) is 85.9 Å². The van der Waals surface area contributed by atoms with Crippen LogP contribution in [-0.2, 0) is 12.8 Å². The number of fused-ring (bicyclic) bond motifs is 3. The molecule has 1 saturated heterocycles. The van der Waals surface area contributed by atoms with Crippen molar-refractivity contribution in [2.45, 2.75) is 64.3 Å². The van der Waals surface area contributed by atoms with Crippen LogP contribution in [0.15, 0.2) is 54.6 Å². The second-order valence-corrected chi connectivity index (χ2v) is 12.3. The Kier molecular flexibility index (Phi) is 6.87. The van der Waals surface area contributed by atoms with Crippen LogP contribution in [0.2, 0.25) is 0 Å². The Balaban J connectivity index is 1.16. The number of nitrogens with zero attached hydrogens (tertiary/aromatic N) is 5. The van der Waals surface area contributed by atoms with Gasteiger partial charge in [0.2, 0.25) is 11.9 Å². The summed E-state index contributed by atoms with van der Waals surface area (Å²) in [5.41, 5.74) is 15.1. The number of hydrogen-bond acceptors (Lipinski definition) is 7. The summed E-state index contributed by atoms with van der Waals surface area (Å²) >= 11 is 0. The second kappa shape index (κ2) is 10.8. The third kappa shape index (κ3) is 5.17. The molecule has 1 fully saturated rings. The molecule has 0 saturated carbocycles. The summed E-state index contributed by atoms with van der Waals surface area (Å²) < 4.78 is 1.68. The number of pyridine rings is 1. The van der Waals surface area contributed by atoms with Crippen LogP contribution in [0.3, 0.4) is 0 Å². The highest BCUT2D eigenvalue weighted by molar-refractivity contribution is 5.83. The molecule has 4 N–H and O–H groups in total. The van der Waals surface area contributed by atoms with Gasteiger partial charge in [-0.2, -0.15) is 9.67 Å². The molecule has 0 radical (unpaired) electrons. The predicted octanol–water partition coefficient (Wildman–Crippen LogP) is 5.85. The van der Waals surface area contributed by atoms with E-state index in [-0.39, 0.29) is 0 Å². The van der Waals surface area contributed by atoms with E-state index < -0.39 is 0 Å². The van der Waals surface area contributed by atoms with E-state index in [1.165, 1.54) is 34.4 Å². The van der Waals surface area contributed by atoms with Crippen molar-refractivity contribution in [2.24, 2.45) is 5.92 Å². The summed E-state index contributed by atoms with van der Waals surface area (Å²) in [6, 6.07) is 19.9. The Morgan fingerprint density at radius 1 is 0.927 bits per heavy atom. The van der Waals surface area contributed by atoms with E-state index in [1.807, 2.05) is 0 Å². The van der Waals surface area contributed by atoms with E-state index in [9.17, 15) is 0 Å². The van der Waals surface area contributed by atoms with Gasteiger partial charge in [-0.3, -0.25) is 0 Å². The molecule has 8 rings (SSSR count). The molecule has 3 aliphatic heterocycles. The van der Waals surface area contributed by atoms with Gasteiger partial charge in [0.15, 0.2) is 5.82 Å². The molecule has 41 heavy (non-hydrogen) atoms. The molecule has 2 aromatic carbocycles. The van der Waals surface area contributed by atoms with Crippen molar-refractivity contribution in [3.8, 4) is 16.9 Å². The first-order valence-corrected chi connectivity index (χ1v) is 15.2. The second-order valence-electron chi connectivity index (χ2n) is 12.3. The summed E-state index contributed by atoms with van der Waals surface area (Å²) in [5, 5.41) is 12.0. The zero-order chi connectivity index (χ0) is 27.9. The van der Waals surface area contributed by atoms with Crippen molar-refractivity contribution in [2.75, 3.05) is 35.6 Å². The van der Waals surface area contributed by atoms with Gasteiger partial charge in [0.1, 0.15) is 0 Å². The van der Waals surface area contributed by atoms with Crippen LogP contribution in [0.5, 0.6) is 0 Å². The van der Waals surface area contributed by atoms with E-state index in [0.717, 1.165) is 68.9 Å². The van der Waals surface area contributed by atoms with Crippen LogP contribution in [-0.4, -0.2) is 45.4 Å². The standard InChI is InChI=1S/C33H40N8/c1-21(2)20-35-26-11-8-22-9-13-27(18-25(22)10-12-26)36-33-38-32(34)41(39-33)29-19-28(23-6-4-3-5-7-23)31-30(37-29)24-14-16-40(31)17-15-24/h3-7,9,13,18-19,21,24,26,35H,8,10-12,14-17,20H2,1-2H3,(H3,34,36,38,39)/t26-/m0/s1. The lowest BCUT2D eigenvalue weighted by molar-refractivity contribution is 0.428. The van der Waals surface area contributed by atoms with Crippen LogP contribution in [0.4, 0.5) is 23.3 Å². The molecular weight excluding hydrogens is 508 g/mol. The van der Waals surface area contributed by atoms with Crippen molar-refractivity contribution in [1.82, 2.24) is 25.1 Å². The minimum Gasteiger partial charge on any atom is -0.370 e. The molecule has 4 aliphatic rings. The number of aromatic nitrogens is 4. The fourth-order valence-corrected chi connectivity index (χ4v) is 6.75. The van der Waals surface area contributed by atoms with Crippen LogP contribution < -0.4 is 21.3 Å². The minimum atomic E-state index is 0.328. The molecule has 0 amide bonds. The molecule has 0 unspecified atom stereocenters. The maximum atomic E-state index is 6.46. The van der Waals surface area contributed by atoms with Crippen molar-refractivity contribution in [1.29, 1.82) is 0 Å². The van der Waals surface area contributed by atoms with Gasteiger partial charge in [0.25, 0.3) is 0 Å². The van der Waals surface area contributed by atoms with Gasteiger partial charge < -0.3 is 21.3 Å². The molecule has 8 nitrogen and oxygen atoms in total. The molecule has 2 aromatic heterocycles. The SMILES string of the molecule is CC(C)CN[C@H]1CCc2ccc(Nc3nc(N)n(-c4cc(-c5ccccc5)c5c(n4)C4CCN5CC4)n3)cc2CC1. The number of anilines is 4. The summed E-state index contributed by atoms with van der Waals surface area (Å²) in [5.74, 6) is 2.67. The topological polar surface area (TPSA) is 96.9 Å². The fourth-order valence-electron chi connectivity index (χ4n) is 6.75. The molecule has 8 heteroatoms. The lowest BCUT2D eigenvalue weighted by Crippen LogP contribution is -2.40. The molecule has 0 spiro atoms. The Morgan fingerprint density at radius 2 is 1.71 bits per heavy atom. The zero-order valence-electron chi connectivity index (χ0n) is 24.1.